The number of hydrogen-bond acceptors (Lipinski definition) is 2. The number of benzene rings is 7. The minimum atomic E-state index is -2.98. The van der Waals surface area contributed by atoms with E-state index >= 15 is 8.63 Å². The van der Waals surface area contributed by atoms with Crippen LogP contribution in [-0.2, 0) is 0 Å². The standard InChI is InChI=1S/C52H35BCl2F2N2O2/c1-58-47(39-19-15-33(16-20-39)35-23-27-41(60)28-24-35)31-43(37-9-4-2-5-10-37)51(58)50(49-45(54)13-8-14-46(49)55)52-44(38-11-6-3-7-12-38)32-48(59(52)53(56)57)40-21-17-34(18-22-40)36-25-29-42(61)30-26-36/h2-32H,1H3,(H,60,61)/p+1. The van der Waals surface area contributed by atoms with Crippen molar-refractivity contribution in [3.63, 3.8) is 0 Å². The Morgan fingerprint density at radius 2 is 0.967 bits per heavy atom. The Balaban J connectivity index is 1.35. The molecule has 0 fully saturated rings. The lowest BCUT2D eigenvalue weighted by Crippen LogP contribution is -2.20. The van der Waals surface area contributed by atoms with Gasteiger partial charge in [0.1, 0.15) is 18.5 Å². The first kappa shape index (κ1) is 39.5. The van der Waals surface area contributed by atoms with Crippen molar-refractivity contribution in [1.29, 1.82) is 0 Å². The van der Waals surface area contributed by atoms with E-state index in [1.165, 1.54) is 0 Å². The molecule has 9 heteroatoms. The fourth-order valence-electron chi connectivity index (χ4n) is 8.12. The Kier molecular flexibility index (Phi) is 10.8. The van der Waals surface area contributed by atoms with Crippen molar-refractivity contribution in [2.75, 3.05) is 7.05 Å². The van der Waals surface area contributed by atoms with Crippen LogP contribution in [0.25, 0.3) is 55.8 Å². The number of halogens is 4. The van der Waals surface area contributed by atoms with Crippen molar-refractivity contribution in [2.24, 2.45) is 0 Å². The monoisotopic (exact) mass is 839 g/mol. The molecule has 296 valence electrons. The molecule has 0 bridgehead atoms. The fraction of sp³-hybridized carbons (Fsp3) is 0.0192. The molecule has 0 saturated heterocycles. The van der Waals surface area contributed by atoms with Crippen LogP contribution in [0.3, 0.4) is 0 Å². The number of aromatic nitrogens is 1. The lowest BCUT2D eigenvalue weighted by molar-refractivity contribution is -0.430. The van der Waals surface area contributed by atoms with Crippen LogP contribution in [0.2, 0.25) is 10.0 Å². The average Bonchev–Trinajstić information content (AvgIpc) is 3.85. The van der Waals surface area contributed by atoms with Crippen molar-refractivity contribution in [2.45, 2.75) is 0 Å². The minimum absolute atomic E-state index is 0.158. The highest BCUT2D eigenvalue weighted by Crippen LogP contribution is 2.48. The van der Waals surface area contributed by atoms with Gasteiger partial charge < -0.3 is 14.7 Å². The van der Waals surface area contributed by atoms with Gasteiger partial charge >= 0.3 is 7.40 Å². The SMILES string of the molecule is C[N+]1=C(c2ccc(-c3ccc(O)cc3)cc2)C=C(c2ccccc2)/C1=C(\c1c(Cl)cccc1Cl)c1c(-c2ccccc2)cc(-c2ccc(-c3ccc(O)cc3)cc2)n1B(F)F. The van der Waals surface area contributed by atoms with E-state index in [-0.39, 0.29) is 17.2 Å². The highest BCUT2D eigenvalue weighted by atomic mass is 35.5. The molecule has 1 aliphatic rings. The lowest BCUT2D eigenvalue weighted by atomic mass is 9.90. The van der Waals surface area contributed by atoms with Crippen molar-refractivity contribution in [3.05, 3.63) is 226 Å². The molecule has 8 aromatic rings. The lowest BCUT2D eigenvalue weighted by Gasteiger charge is -2.20. The van der Waals surface area contributed by atoms with Crippen LogP contribution in [0, 0.1) is 0 Å². The van der Waals surface area contributed by atoms with E-state index in [0.717, 1.165) is 54.7 Å². The second-order valence-corrected chi connectivity index (χ2v) is 15.6. The maximum Gasteiger partial charge on any atom is 0.678 e. The van der Waals surface area contributed by atoms with E-state index < -0.39 is 7.40 Å². The Labute approximate surface area is 363 Å². The van der Waals surface area contributed by atoms with Gasteiger partial charge in [-0.25, -0.2) is 0 Å². The highest BCUT2D eigenvalue weighted by molar-refractivity contribution is 6.43. The second-order valence-electron chi connectivity index (χ2n) is 14.7. The third-order valence-corrected chi connectivity index (χ3v) is 11.7. The second kappa shape index (κ2) is 16.6. The minimum Gasteiger partial charge on any atom is -0.508 e. The molecule has 7 aromatic carbocycles. The maximum absolute atomic E-state index is 16.3. The number of aromatic hydroxyl groups is 2. The first-order valence-corrected chi connectivity index (χ1v) is 20.4. The predicted octanol–water partition coefficient (Wildman–Crippen LogP) is 13.6. The summed E-state index contributed by atoms with van der Waals surface area (Å²) in [7, 11) is -1.04. The highest BCUT2D eigenvalue weighted by Gasteiger charge is 2.39. The summed E-state index contributed by atoms with van der Waals surface area (Å²) >= 11 is 14.4. The summed E-state index contributed by atoms with van der Waals surface area (Å²) in [6, 6.07) is 56.0. The molecule has 0 atom stereocenters. The molecule has 9 rings (SSSR count). The summed E-state index contributed by atoms with van der Waals surface area (Å²) in [5, 5.41) is 20.3. The molecule has 4 nitrogen and oxygen atoms in total. The Morgan fingerprint density at radius 3 is 1.46 bits per heavy atom. The first-order chi connectivity index (χ1) is 29.7. The quantitative estimate of drug-likeness (QED) is 0.112. The smallest absolute Gasteiger partial charge is 0.508 e. The summed E-state index contributed by atoms with van der Waals surface area (Å²) < 4.78 is 35.8. The number of likely N-dealkylation sites (N-methyl/N-ethyl adjacent to an activating group) is 1. The van der Waals surface area contributed by atoms with Crippen LogP contribution in [0.5, 0.6) is 11.5 Å². The molecular formula is C52H36BCl2F2N2O2+. The summed E-state index contributed by atoms with van der Waals surface area (Å²) in [6.07, 6.45) is 2.09. The third-order valence-electron chi connectivity index (χ3n) is 11.1. The predicted molar refractivity (Wildman–Crippen MR) is 247 cm³/mol. The van der Waals surface area contributed by atoms with Crippen LogP contribution in [-0.4, -0.2) is 39.4 Å². The molecule has 1 aromatic heterocycles. The molecule has 0 aliphatic carbocycles. The molecule has 0 saturated carbocycles. The van der Waals surface area contributed by atoms with Crippen LogP contribution in [0.4, 0.5) is 8.63 Å². The molecule has 0 spiro atoms. The Hall–Kier alpha value is -6.93. The number of phenolic OH excluding ortho intramolecular Hbond substituents is 2. The number of rotatable bonds is 9. The number of allylic oxidation sites excluding steroid dienone is 2. The van der Waals surface area contributed by atoms with E-state index in [2.05, 4.69) is 6.08 Å². The van der Waals surface area contributed by atoms with Gasteiger partial charge in [0.25, 0.3) is 0 Å². The zero-order chi connectivity index (χ0) is 42.2. The molecular weight excluding hydrogens is 804 g/mol. The van der Waals surface area contributed by atoms with E-state index in [4.69, 9.17) is 23.2 Å². The van der Waals surface area contributed by atoms with Crippen molar-refractivity contribution in [3.8, 4) is 56.1 Å². The van der Waals surface area contributed by atoms with Crippen molar-refractivity contribution < 1.29 is 23.4 Å². The average molecular weight is 841 g/mol. The number of phenols is 2. The van der Waals surface area contributed by atoms with Gasteiger partial charge in [0.15, 0.2) is 0 Å². The summed E-state index contributed by atoms with van der Waals surface area (Å²) in [4.78, 5) is 0. The fourth-order valence-corrected chi connectivity index (χ4v) is 8.71. The molecule has 1 aliphatic heterocycles. The van der Waals surface area contributed by atoms with Crippen molar-refractivity contribution >= 4 is 47.5 Å². The van der Waals surface area contributed by atoms with E-state index in [9.17, 15) is 10.2 Å². The van der Waals surface area contributed by atoms with Gasteiger partial charge in [-0.3, -0.25) is 8.63 Å². The van der Waals surface area contributed by atoms with E-state index in [1.54, 1.807) is 42.5 Å². The largest absolute Gasteiger partial charge is 0.678 e. The Morgan fingerprint density at radius 1 is 0.525 bits per heavy atom. The Bertz CT molecular complexity index is 2980. The molecule has 0 amide bonds. The van der Waals surface area contributed by atoms with Crippen LogP contribution in [0.1, 0.15) is 22.4 Å². The zero-order valence-electron chi connectivity index (χ0n) is 32.8. The maximum atomic E-state index is 16.3. The van der Waals surface area contributed by atoms with Crippen molar-refractivity contribution in [1.82, 2.24) is 4.48 Å². The molecule has 2 heterocycles. The topological polar surface area (TPSA) is 48.4 Å². The zero-order valence-corrected chi connectivity index (χ0v) is 34.3. The van der Waals surface area contributed by atoms with Gasteiger partial charge in [-0.15, -0.1) is 0 Å². The van der Waals surface area contributed by atoms with Gasteiger partial charge in [0.05, 0.1) is 26.9 Å². The van der Waals surface area contributed by atoms with Crippen LogP contribution < -0.4 is 0 Å². The molecule has 2 N–H and O–H groups in total. The first-order valence-electron chi connectivity index (χ1n) is 19.6. The van der Waals surface area contributed by atoms with Gasteiger partial charge in [-0.2, -0.15) is 4.58 Å². The molecule has 0 radical (unpaired) electrons. The summed E-state index contributed by atoms with van der Waals surface area (Å²) in [5.74, 6) is 0.353. The summed E-state index contributed by atoms with van der Waals surface area (Å²) in [6.45, 7) is 0. The number of nitrogens with zero attached hydrogens (tertiary/aromatic N) is 2. The van der Waals surface area contributed by atoms with Gasteiger partial charge in [-0.1, -0.05) is 151 Å². The molecule has 61 heavy (non-hydrogen) atoms. The third kappa shape index (κ3) is 7.59. The molecule has 0 unspecified atom stereocenters. The normalized spacial score (nSPS) is 13.4. The van der Waals surface area contributed by atoms with Gasteiger partial charge in [0.2, 0.25) is 11.4 Å². The summed E-state index contributed by atoms with van der Waals surface area (Å²) in [5.41, 5.74) is 11.1. The van der Waals surface area contributed by atoms with Gasteiger partial charge in [0, 0.05) is 28.5 Å². The van der Waals surface area contributed by atoms with Gasteiger partial charge in [-0.05, 0) is 93.5 Å². The van der Waals surface area contributed by atoms with E-state index in [0.29, 0.717) is 43.7 Å². The number of hydrogen-bond donors (Lipinski definition) is 2. The van der Waals surface area contributed by atoms with E-state index in [1.807, 2.05) is 151 Å². The van der Waals surface area contributed by atoms with Crippen LogP contribution in [0.15, 0.2) is 194 Å². The van der Waals surface area contributed by atoms with Crippen LogP contribution >= 0.6 is 23.2 Å².